The zero-order valence-electron chi connectivity index (χ0n) is 20.9. The molecule has 1 saturated heterocycles. The van der Waals surface area contributed by atoms with Gasteiger partial charge >= 0.3 is 0 Å². The monoisotopic (exact) mass is 401 g/mol. The maximum absolute atomic E-state index is 6.34. The summed E-state index contributed by atoms with van der Waals surface area (Å²) in [6.07, 6.45) is 3.70. The molecule has 0 aromatic heterocycles. The highest BCUT2D eigenvalue weighted by Crippen LogP contribution is 2.47. The average molecular weight is 402 g/mol. The fraction of sp³-hybridized carbons (Fsp3) is 0.778. The lowest BCUT2D eigenvalue weighted by Gasteiger charge is -2.58. The van der Waals surface area contributed by atoms with Gasteiger partial charge in [0, 0.05) is 17.6 Å². The zero-order chi connectivity index (χ0) is 22.1. The van der Waals surface area contributed by atoms with Crippen LogP contribution in [0.4, 0.5) is 0 Å². The van der Waals surface area contributed by atoms with Crippen LogP contribution in [0.1, 0.15) is 94.1 Å². The fourth-order valence-corrected chi connectivity index (χ4v) is 5.93. The summed E-state index contributed by atoms with van der Waals surface area (Å²) >= 11 is 0. The number of benzene rings is 1. The Morgan fingerprint density at radius 2 is 1.69 bits per heavy atom. The SMILES string of the molecule is CCC1(C)COC(C)CN(C(C)(C)C(C)C(C)(CC)c2ccccc2)C(C)(C)C1. The van der Waals surface area contributed by atoms with Crippen molar-refractivity contribution in [2.24, 2.45) is 11.3 Å². The second-order valence-corrected chi connectivity index (χ2v) is 11.4. The number of hydrogen-bond acceptors (Lipinski definition) is 2. The van der Waals surface area contributed by atoms with E-state index in [9.17, 15) is 0 Å². The molecule has 0 spiro atoms. The molecule has 2 heteroatoms. The molecule has 4 unspecified atom stereocenters. The predicted octanol–water partition coefficient (Wildman–Crippen LogP) is 7.07. The van der Waals surface area contributed by atoms with Crippen LogP contribution in [0, 0.1) is 11.3 Å². The molecule has 0 amide bonds. The van der Waals surface area contributed by atoms with Gasteiger partial charge in [-0.15, -0.1) is 0 Å². The van der Waals surface area contributed by atoms with Crippen LogP contribution in [-0.2, 0) is 10.2 Å². The molecule has 1 aromatic rings. The van der Waals surface area contributed by atoms with Gasteiger partial charge in [0.15, 0.2) is 0 Å². The van der Waals surface area contributed by atoms with Gasteiger partial charge in [-0.05, 0) is 76.2 Å². The third-order valence-electron chi connectivity index (χ3n) is 8.48. The molecule has 0 N–H and O–H groups in total. The highest BCUT2D eigenvalue weighted by atomic mass is 16.5. The van der Waals surface area contributed by atoms with Crippen LogP contribution in [0.15, 0.2) is 30.3 Å². The molecule has 0 radical (unpaired) electrons. The maximum atomic E-state index is 6.34. The molecule has 0 aliphatic carbocycles. The van der Waals surface area contributed by atoms with E-state index in [1.807, 2.05) is 0 Å². The van der Waals surface area contributed by atoms with E-state index in [1.165, 1.54) is 5.56 Å². The van der Waals surface area contributed by atoms with Crippen LogP contribution < -0.4 is 0 Å². The summed E-state index contributed by atoms with van der Waals surface area (Å²) in [5, 5.41) is 0. The summed E-state index contributed by atoms with van der Waals surface area (Å²) in [4.78, 5) is 2.78. The molecule has 2 rings (SSSR count). The van der Waals surface area contributed by atoms with Gasteiger partial charge in [-0.3, -0.25) is 4.90 Å². The summed E-state index contributed by atoms with van der Waals surface area (Å²) in [5.41, 5.74) is 1.96. The minimum Gasteiger partial charge on any atom is -0.377 e. The quantitative estimate of drug-likeness (QED) is 0.505. The first-order chi connectivity index (χ1) is 13.3. The lowest BCUT2D eigenvalue weighted by Crippen LogP contribution is -2.64. The highest BCUT2D eigenvalue weighted by Gasteiger charge is 2.50. The Bertz CT molecular complexity index is 652. The summed E-state index contributed by atoms with van der Waals surface area (Å²) in [7, 11) is 0. The van der Waals surface area contributed by atoms with Gasteiger partial charge in [0.25, 0.3) is 0 Å². The minimum absolute atomic E-state index is 0.0354. The van der Waals surface area contributed by atoms with Gasteiger partial charge in [-0.25, -0.2) is 0 Å². The molecule has 0 saturated carbocycles. The van der Waals surface area contributed by atoms with Crippen molar-refractivity contribution in [2.45, 2.75) is 111 Å². The summed E-state index contributed by atoms with van der Waals surface area (Å²) in [6, 6.07) is 11.1. The van der Waals surface area contributed by atoms with Crippen LogP contribution in [0.5, 0.6) is 0 Å². The first-order valence-corrected chi connectivity index (χ1v) is 11.8. The highest BCUT2D eigenvalue weighted by molar-refractivity contribution is 5.27. The number of hydrogen-bond donors (Lipinski definition) is 0. The van der Waals surface area contributed by atoms with Gasteiger partial charge in [-0.1, -0.05) is 65.0 Å². The van der Waals surface area contributed by atoms with Crippen molar-refractivity contribution >= 4 is 0 Å². The lowest BCUT2D eigenvalue weighted by molar-refractivity contribution is -0.124. The van der Waals surface area contributed by atoms with Crippen molar-refractivity contribution in [3.05, 3.63) is 35.9 Å². The van der Waals surface area contributed by atoms with E-state index in [-0.39, 0.29) is 28.0 Å². The molecule has 1 aromatic carbocycles. The van der Waals surface area contributed by atoms with E-state index in [0.29, 0.717) is 5.92 Å². The molecule has 1 aliphatic heterocycles. The van der Waals surface area contributed by atoms with Crippen LogP contribution in [0.25, 0.3) is 0 Å². The lowest BCUT2D eigenvalue weighted by atomic mass is 9.62. The van der Waals surface area contributed by atoms with Crippen LogP contribution in [0.2, 0.25) is 0 Å². The van der Waals surface area contributed by atoms with Gasteiger partial charge in [-0.2, -0.15) is 0 Å². The Balaban J connectivity index is 2.47. The van der Waals surface area contributed by atoms with Crippen molar-refractivity contribution in [3.8, 4) is 0 Å². The smallest absolute Gasteiger partial charge is 0.0674 e. The molecule has 4 atom stereocenters. The van der Waals surface area contributed by atoms with Crippen molar-refractivity contribution in [1.29, 1.82) is 0 Å². The molecular weight excluding hydrogens is 354 g/mol. The van der Waals surface area contributed by atoms with Gasteiger partial charge in [0.05, 0.1) is 12.7 Å². The third kappa shape index (κ3) is 4.90. The number of rotatable bonds is 6. The standard InChI is InChI=1S/C27H47NO/c1-11-26(9)19-24(5,6)28(18-21(3)29-20-26)25(7,8)22(4)27(10,12-2)23-16-14-13-15-17-23/h13-17,21-22H,11-12,18-20H2,1-10H3. The second kappa shape index (κ2) is 8.71. The summed E-state index contributed by atoms with van der Waals surface area (Å²) in [6.45, 7) is 25.9. The molecule has 1 heterocycles. The second-order valence-electron chi connectivity index (χ2n) is 11.4. The van der Waals surface area contributed by atoms with Crippen molar-refractivity contribution in [1.82, 2.24) is 4.90 Å². The van der Waals surface area contributed by atoms with Crippen LogP contribution >= 0.6 is 0 Å². The van der Waals surface area contributed by atoms with E-state index in [4.69, 9.17) is 4.74 Å². The Morgan fingerprint density at radius 3 is 2.21 bits per heavy atom. The van der Waals surface area contributed by atoms with E-state index >= 15 is 0 Å². The van der Waals surface area contributed by atoms with Crippen molar-refractivity contribution < 1.29 is 4.74 Å². The fourth-order valence-electron chi connectivity index (χ4n) is 5.93. The van der Waals surface area contributed by atoms with Gasteiger partial charge in [0.2, 0.25) is 0 Å². The molecule has 1 aliphatic rings. The molecule has 0 bridgehead atoms. The van der Waals surface area contributed by atoms with Gasteiger partial charge < -0.3 is 4.74 Å². The van der Waals surface area contributed by atoms with E-state index in [2.05, 4.69) is 104 Å². The molecule has 2 nitrogen and oxygen atoms in total. The largest absolute Gasteiger partial charge is 0.377 e. The normalized spacial score (nSPS) is 29.5. The van der Waals surface area contributed by atoms with Crippen LogP contribution in [-0.4, -0.2) is 35.2 Å². The first kappa shape index (κ1) is 24.4. The first-order valence-electron chi connectivity index (χ1n) is 11.8. The number of nitrogens with zero attached hydrogens (tertiary/aromatic N) is 1. The summed E-state index contributed by atoms with van der Waals surface area (Å²) in [5.74, 6) is 0.487. The average Bonchev–Trinajstić information content (AvgIpc) is 2.68. The Morgan fingerprint density at radius 1 is 1.10 bits per heavy atom. The summed E-state index contributed by atoms with van der Waals surface area (Å²) < 4.78 is 6.34. The zero-order valence-corrected chi connectivity index (χ0v) is 20.9. The predicted molar refractivity (Wildman–Crippen MR) is 127 cm³/mol. The Hall–Kier alpha value is -0.860. The molecule has 166 valence electrons. The van der Waals surface area contributed by atoms with Gasteiger partial charge in [0.1, 0.15) is 0 Å². The van der Waals surface area contributed by atoms with Crippen molar-refractivity contribution in [3.63, 3.8) is 0 Å². The maximum Gasteiger partial charge on any atom is 0.0674 e. The minimum atomic E-state index is 0.0354. The molecule has 1 fully saturated rings. The van der Waals surface area contributed by atoms with E-state index in [0.717, 1.165) is 32.4 Å². The third-order valence-corrected chi connectivity index (χ3v) is 8.48. The Kier molecular flexibility index (Phi) is 7.33. The van der Waals surface area contributed by atoms with E-state index in [1.54, 1.807) is 0 Å². The number of ether oxygens (including phenoxy) is 1. The Labute approximate surface area is 181 Å². The van der Waals surface area contributed by atoms with Crippen LogP contribution in [0.3, 0.4) is 0 Å². The topological polar surface area (TPSA) is 12.5 Å². The molecular formula is C27H47NO. The molecule has 29 heavy (non-hydrogen) atoms. The van der Waals surface area contributed by atoms with E-state index < -0.39 is 0 Å². The van der Waals surface area contributed by atoms with Crippen molar-refractivity contribution in [2.75, 3.05) is 13.2 Å².